The van der Waals surface area contributed by atoms with Crippen LogP contribution in [-0.2, 0) is 0 Å². The lowest BCUT2D eigenvalue weighted by Crippen LogP contribution is -2.47. The molecule has 0 radical (unpaired) electrons. The summed E-state index contributed by atoms with van der Waals surface area (Å²) in [6, 6.07) is 16.3. The molecule has 0 atom stereocenters. The maximum Gasteiger partial charge on any atom is 0.225 e. The predicted molar refractivity (Wildman–Crippen MR) is 137 cm³/mol. The van der Waals surface area contributed by atoms with Crippen LogP contribution in [0.1, 0.15) is 4.88 Å². The lowest BCUT2D eigenvalue weighted by molar-refractivity contribution is 0.413. The highest BCUT2D eigenvalue weighted by atomic mass is 35.5. The molecule has 170 valence electrons. The van der Waals surface area contributed by atoms with Crippen molar-refractivity contribution in [2.45, 2.75) is 6.92 Å². The van der Waals surface area contributed by atoms with Gasteiger partial charge in [-0.05, 0) is 48.4 Å². The number of aromatic nitrogens is 2. The van der Waals surface area contributed by atoms with Gasteiger partial charge in [0.2, 0.25) is 5.28 Å². The van der Waals surface area contributed by atoms with Crippen molar-refractivity contribution in [3.8, 4) is 22.6 Å². The van der Waals surface area contributed by atoms with Crippen molar-refractivity contribution in [2.75, 3.05) is 50.2 Å². The van der Waals surface area contributed by atoms with E-state index in [1.165, 1.54) is 4.88 Å². The molecule has 1 aliphatic rings. The van der Waals surface area contributed by atoms with Gasteiger partial charge < -0.3 is 19.3 Å². The highest BCUT2D eigenvalue weighted by Crippen LogP contribution is 2.43. The first kappa shape index (κ1) is 21.8. The van der Waals surface area contributed by atoms with E-state index < -0.39 is 0 Å². The first-order valence-corrected chi connectivity index (χ1v) is 12.0. The lowest BCUT2D eigenvalue weighted by Gasteiger charge is -2.37. The number of benzene rings is 2. The molecule has 6 nitrogen and oxygen atoms in total. The molecule has 0 aliphatic carbocycles. The van der Waals surface area contributed by atoms with E-state index in [9.17, 15) is 0 Å². The Hall–Kier alpha value is -3.03. The zero-order valence-corrected chi connectivity index (χ0v) is 20.4. The van der Waals surface area contributed by atoms with Gasteiger partial charge in [0.1, 0.15) is 22.1 Å². The number of anilines is 2. The van der Waals surface area contributed by atoms with Crippen LogP contribution in [0.4, 0.5) is 11.5 Å². The quantitative estimate of drug-likeness (QED) is 0.343. The minimum atomic E-state index is 0.284. The van der Waals surface area contributed by atoms with Crippen LogP contribution in [0.3, 0.4) is 0 Å². The van der Waals surface area contributed by atoms with Gasteiger partial charge in [-0.2, -0.15) is 4.98 Å². The molecule has 8 heteroatoms. The molecular weight excluding hydrogens is 456 g/mol. The number of hydrogen-bond acceptors (Lipinski definition) is 7. The van der Waals surface area contributed by atoms with Gasteiger partial charge in [-0.3, -0.25) is 0 Å². The molecule has 0 unspecified atom stereocenters. The topological polar surface area (TPSA) is 50.7 Å². The van der Waals surface area contributed by atoms with Crippen LogP contribution >= 0.6 is 22.9 Å². The number of ether oxygens (including phenoxy) is 2. The van der Waals surface area contributed by atoms with Crippen LogP contribution in [0.2, 0.25) is 5.28 Å². The van der Waals surface area contributed by atoms with Crippen molar-refractivity contribution in [3.05, 3.63) is 58.7 Å². The van der Waals surface area contributed by atoms with Crippen molar-refractivity contribution in [2.24, 2.45) is 0 Å². The minimum Gasteiger partial charge on any atom is -0.497 e. The molecule has 33 heavy (non-hydrogen) atoms. The number of piperazine rings is 1. The summed E-state index contributed by atoms with van der Waals surface area (Å²) in [7, 11) is 3.40. The summed E-state index contributed by atoms with van der Waals surface area (Å²) < 4.78 is 10.9. The summed E-state index contributed by atoms with van der Waals surface area (Å²) in [5.74, 6) is 2.64. The van der Waals surface area contributed by atoms with Crippen molar-refractivity contribution < 1.29 is 9.47 Å². The van der Waals surface area contributed by atoms with E-state index in [0.717, 1.165) is 70.5 Å². The van der Waals surface area contributed by atoms with Crippen molar-refractivity contribution in [3.63, 3.8) is 0 Å². The summed E-state index contributed by atoms with van der Waals surface area (Å²) in [5, 5.41) is 1.35. The monoisotopic (exact) mass is 480 g/mol. The summed E-state index contributed by atoms with van der Waals surface area (Å²) in [5.41, 5.74) is 3.41. The third-order valence-corrected chi connectivity index (χ3v) is 7.23. The fraction of sp³-hybridized carbons (Fsp3) is 0.280. The third-order valence-electron chi connectivity index (χ3n) is 6.07. The number of methoxy groups -OCH3 is 2. The van der Waals surface area contributed by atoms with E-state index >= 15 is 0 Å². The minimum absolute atomic E-state index is 0.284. The number of aryl methyl sites for hydroxylation is 1. The van der Waals surface area contributed by atoms with Gasteiger partial charge in [0.05, 0.1) is 25.3 Å². The first-order valence-electron chi connectivity index (χ1n) is 10.8. The van der Waals surface area contributed by atoms with Crippen LogP contribution in [-0.4, -0.2) is 50.4 Å². The van der Waals surface area contributed by atoms with Gasteiger partial charge in [-0.25, -0.2) is 4.98 Å². The maximum atomic E-state index is 6.37. The Morgan fingerprint density at radius 3 is 2.27 bits per heavy atom. The zero-order chi connectivity index (χ0) is 22.9. The molecule has 1 aliphatic heterocycles. The second-order valence-electron chi connectivity index (χ2n) is 7.90. The molecule has 5 rings (SSSR count). The molecule has 0 N–H and O–H groups in total. The second-order valence-corrected chi connectivity index (χ2v) is 9.45. The number of hydrogen-bond donors (Lipinski definition) is 0. The Balaban J connectivity index is 1.51. The number of rotatable bonds is 5. The Morgan fingerprint density at radius 1 is 0.879 bits per heavy atom. The summed E-state index contributed by atoms with van der Waals surface area (Å²) in [4.78, 5) is 16.1. The summed E-state index contributed by atoms with van der Waals surface area (Å²) in [6.07, 6.45) is 0. The normalized spacial score (nSPS) is 14.1. The Kier molecular flexibility index (Phi) is 6.00. The maximum absolute atomic E-state index is 6.37. The number of thiophene rings is 1. The molecule has 4 aromatic rings. The van der Waals surface area contributed by atoms with Gasteiger partial charge in [-0.15, -0.1) is 11.3 Å². The molecule has 2 aromatic heterocycles. The fourth-order valence-electron chi connectivity index (χ4n) is 4.45. The Labute approximate surface area is 202 Å². The highest BCUT2D eigenvalue weighted by Gasteiger charge is 2.25. The van der Waals surface area contributed by atoms with Crippen molar-refractivity contribution >= 4 is 44.7 Å². The van der Waals surface area contributed by atoms with E-state index in [4.69, 9.17) is 26.1 Å². The van der Waals surface area contributed by atoms with Crippen LogP contribution < -0.4 is 19.3 Å². The fourth-order valence-corrected chi connectivity index (χ4v) is 5.71. The van der Waals surface area contributed by atoms with Crippen LogP contribution in [0.25, 0.3) is 21.3 Å². The smallest absolute Gasteiger partial charge is 0.225 e. The Bertz CT molecular complexity index is 1280. The lowest BCUT2D eigenvalue weighted by atomic mass is 10.0. The Morgan fingerprint density at radius 2 is 1.58 bits per heavy atom. The second kappa shape index (κ2) is 9.08. The average Bonchev–Trinajstić information content (AvgIpc) is 3.19. The van der Waals surface area contributed by atoms with Gasteiger partial charge in [0, 0.05) is 36.6 Å². The summed E-state index contributed by atoms with van der Waals surface area (Å²) >= 11 is 8.03. The predicted octanol–water partition coefficient (Wildman–Crippen LogP) is 5.66. The number of para-hydroxylation sites is 2. The SMILES string of the molecule is COc1ccc(-c2c(C)sc3nc(Cl)nc(N4CCN(c5ccccc5OC)CC4)c23)cc1. The standard InChI is InChI=1S/C25H25ClN4O2S/c1-16-21(17-8-10-18(31-2)11-9-17)22-23(27-25(26)28-24(22)33-16)30-14-12-29(13-15-30)19-6-4-5-7-20(19)32-3/h4-11H,12-15H2,1-3H3. The molecule has 1 fully saturated rings. The van der Waals surface area contributed by atoms with E-state index in [-0.39, 0.29) is 5.28 Å². The molecule has 0 bridgehead atoms. The molecule has 1 saturated heterocycles. The van der Waals surface area contributed by atoms with Gasteiger partial charge in [0.15, 0.2) is 0 Å². The first-order chi connectivity index (χ1) is 16.1. The number of fused-ring (bicyclic) bond motifs is 1. The molecule has 2 aromatic carbocycles. The highest BCUT2D eigenvalue weighted by molar-refractivity contribution is 7.19. The largest absolute Gasteiger partial charge is 0.497 e. The molecule has 0 spiro atoms. The summed E-state index contributed by atoms with van der Waals surface area (Å²) in [6.45, 7) is 5.52. The number of halogens is 1. The molecule has 3 heterocycles. The van der Waals surface area contributed by atoms with Crippen LogP contribution in [0.5, 0.6) is 11.5 Å². The zero-order valence-electron chi connectivity index (χ0n) is 18.8. The van der Waals surface area contributed by atoms with Gasteiger partial charge in [0.25, 0.3) is 0 Å². The van der Waals surface area contributed by atoms with Crippen molar-refractivity contribution in [1.82, 2.24) is 9.97 Å². The average molecular weight is 481 g/mol. The van der Waals surface area contributed by atoms with Crippen LogP contribution in [0, 0.1) is 6.92 Å². The van der Waals surface area contributed by atoms with Gasteiger partial charge >= 0.3 is 0 Å². The van der Waals surface area contributed by atoms with Gasteiger partial charge in [-0.1, -0.05) is 24.3 Å². The van der Waals surface area contributed by atoms with E-state index in [0.29, 0.717) is 0 Å². The third kappa shape index (κ3) is 4.07. The molecule has 0 saturated carbocycles. The number of nitrogens with zero attached hydrogens (tertiary/aromatic N) is 4. The van der Waals surface area contributed by atoms with E-state index in [1.807, 2.05) is 30.3 Å². The van der Waals surface area contributed by atoms with E-state index in [1.54, 1.807) is 25.6 Å². The van der Waals surface area contributed by atoms with E-state index in [2.05, 4.69) is 39.9 Å². The molecule has 0 amide bonds. The molecular formula is C25H25ClN4O2S. The van der Waals surface area contributed by atoms with Crippen molar-refractivity contribution in [1.29, 1.82) is 0 Å². The van der Waals surface area contributed by atoms with Crippen LogP contribution in [0.15, 0.2) is 48.5 Å².